The summed E-state index contributed by atoms with van der Waals surface area (Å²) >= 11 is 5.92. The number of methoxy groups -OCH3 is 1. The Balaban J connectivity index is 1.71. The van der Waals surface area contributed by atoms with E-state index in [-0.39, 0.29) is 10.6 Å². The van der Waals surface area contributed by atoms with E-state index in [1.54, 1.807) is 30.3 Å². The molecule has 0 spiro atoms. The summed E-state index contributed by atoms with van der Waals surface area (Å²) in [5.41, 5.74) is 1.46. The molecule has 5 nitrogen and oxygen atoms in total. The number of benzene rings is 3. The second kappa shape index (κ2) is 8.33. The van der Waals surface area contributed by atoms with Crippen molar-refractivity contribution in [3.8, 4) is 11.5 Å². The van der Waals surface area contributed by atoms with Crippen LogP contribution in [-0.2, 0) is 16.6 Å². The first-order valence-corrected chi connectivity index (χ1v) is 9.97. The second-order valence-corrected chi connectivity index (χ2v) is 7.79. The molecule has 0 amide bonds. The van der Waals surface area contributed by atoms with Gasteiger partial charge in [0.1, 0.15) is 23.0 Å². The van der Waals surface area contributed by atoms with Gasteiger partial charge in [-0.25, -0.2) is 8.42 Å². The van der Waals surface area contributed by atoms with Crippen LogP contribution in [0, 0.1) is 0 Å². The zero-order valence-electron chi connectivity index (χ0n) is 14.6. The average Bonchev–Trinajstić information content (AvgIpc) is 2.68. The van der Waals surface area contributed by atoms with Gasteiger partial charge >= 0.3 is 0 Å². The molecule has 0 aliphatic rings. The van der Waals surface area contributed by atoms with Crippen molar-refractivity contribution in [3.63, 3.8) is 0 Å². The lowest BCUT2D eigenvalue weighted by molar-refractivity contribution is 0.306. The van der Waals surface area contributed by atoms with Gasteiger partial charge in [0.15, 0.2) is 0 Å². The van der Waals surface area contributed by atoms with E-state index in [1.165, 1.54) is 19.2 Å². The minimum absolute atomic E-state index is 0.0260. The zero-order valence-corrected chi connectivity index (χ0v) is 16.1. The molecule has 27 heavy (non-hydrogen) atoms. The van der Waals surface area contributed by atoms with Crippen LogP contribution in [0.3, 0.4) is 0 Å². The molecule has 1 N–H and O–H groups in total. The number of halogens is 1. The van der Waals surface area contributed by atoms with Gasteiger partial charge in [-0.15, -0.1) is 0 Å². The maximum atomic E-state index is 12.6. The Hall–Kier alpha value is -2.70. The third-order valence-corrected chi connectivity index (χ3v) is 5.41. The molecule has 0 radical (unpaired) electrons. The number of rotatable bonds is 7. The van der Waals surface area contributed by atoms with E-state index in [2.05, 4.69) is 4.72 Å². The van der Waals surface area contributed by atoms with Crippen molar-refractivity contribution in [2.45, 2.75) is 11.5 Å². The lowest BCUT2D eigenvalue weighted by atomic mass is 10.2. The van der Waals surface area contributed by atoms with Crippen LogP contribution in [0.1, 0.15) is 5.56 Å². The van der Waals surface area contributed by atoms with Gasteiger partial charge in [0.2, 0.25) is 0 Å². The van der Waals surface area contributed by atoms with Crippen molar-refractivity contribution in [1.82, 2.24) is 0 Å². The Morgan fingerprint density at radius 2 is 1.67 bits per heavy atom. The monoisotopic (exact) mass is 403 g/mol. The normalized spacial score (nSPS) is 11.0. The lowest BCUT2D eigenvalue weighted by Gasteiger charge is -2.12. The largest absolute Gasteiger partial charge is 0.495 e. The van der Waals surface area contributed by atoms with E-state index in [0.717, 1.165) is 5.56 Å². The van der Waals surface area contributed by atoms with Crippen LogP contribution >= 0.6 is 11.6 Å². The standard InChI is InChI=1S/C20H18ClNO4S/c1-25-19-12-7-16(21)13-20(19)27(23,24)22-17-8-10-18(11-9-17)26-14-15-5-3-2-4-6-15/h2-13,22H,14H2,1H3. The van der Waals surface area contributed by atoms with Crippen molar-refractivity contribution in [3.05, 3.63) is 83.4 Å². The van der Waals surface area contributed by atoms with Crippen molar-refractivity contribution < 1.29 is 17.9 Å². The number of anilines is 1. The third kappa shape index (κ3) is 4.93. The van der Waals surface area contributed by atoms with Crippen molar-refractivity contribution in [1.29, 1.82) is 0 Å². The molecular formula is C20H18ClNO4S. The molecule has 0 saturated carbocycles. The molecule has 0 aliphatic heterocycles. The molecular weight excluding hydrogens is 386 g/mol. The highest BCUT2D eigenvalue weighted by Crippen LogP contribution is 2.29. The number of hydrogen-bond acceptors (Lipinski definition) is 4. The summed E-state index contributed by atoms with van der Waals surface area (Å²) in [5.74, 6) is 0.858. The van der Waals surface area contributed by atoms with Gasteiger partial charge in [-0.1, -0.05) is 41.9 Å². The van der Waals surface area contributed by atoms with E-state index >= 15 is 0 Å². The van der Waals surface area contributed by atoms with Crippen molar-refractivity contribution >= 4 is 27.3 Å². The fourth-order valence-corrected chi connectivity index (χ4v) is 3.92. The third-order valence-electron chi connectivity index (χ3n) is 3.77. The predicted molar refractivity (Wildman–Crippen MR) is 106 cm³/mol. The molecule has 0 unspecified atom stereocenters. The highest BCUT2D eigenvalue weighted by Gasteiger charge is 2.20. The SMILES string of the molecule is COc1ccc(Cl)cc1S(=O)(=O)Nc1ccc(OCc2ccccc2)cc1. The molecule has 3 aromatic rings. The van der Waals surface area contributed by atoms with Gasteiger partial charge in [0.05, 0.1) is 7.11 Å². The Morgan fingerprint density at radius 1 is 0.963 bits per heavy atom. The van der Waals surface area contributed by atoms with E-state index in [1.807, 2.05) is 30.3 Å². The molecule has 0 aromatic heterocycles. The molecule has 3 aromatic carbocycles. The fraction of sp³-hybridized carbons (Fsp3) is 0.100. The Kier molecular flexibility index (Phi) is 5.88. The van der Waals surface area contributed by atoms with Crippen LogP contribution in [0.25, 0.3) is 0 Å². The Bertz CT molecular complexity index is 1010. The van der Waals surface area contributed by atoms with Gasteiger partial charge < -0.3 is 9.47 Å². The zero-order chi connectivity index (χ0) is 19.3. The lowest BCUT2D eigenvalue weighted by Crippen LogP contribution is -2.14. The minimum atomic E-state index is -3.85. The Morgan fingerprint density at radius 3 is 2.33 bits per heavy atom. The van der Waals surface area contributed by atoms with Crippen LogP contribution in [0.5, 0.6) is 11.5 Å². The van der Waals surface area contributed by atoms with Crippen LogP contribution in [0.15, 0.2) is 77.7 Å². The first-order valence-electron chi connectivity index (χ1n) is 8.11. The molecule has 140 valence electrons. The molecule has 7 heteroatoms. The molecule has 0 heterocycles. The van der Waals surface area contributed by atoms with Gasteiger partial charge in [-0.3, -0.25) is 4.72 Å². The van der Waals surface area contributed by atoms with Gasteiger partial charge in [0.25, 0.3) is 10.0 Å². The average molecular weight is 404 g/mol. The second-order valence-electron chi connectivity index (χ2n) is 5.70. The first-order chi connectivity index (χ1) is 13.0. The van der Waals surface area contributed by atoms with Crippen molar-refractivity contribution in [2.24, 2.45) is 0 Å². The van der Waals surface area contributed by atoms with Gasteiger partial charge in [-0.05, 0) is 48.0 Å². The van der Waals surface area contributed by atoms with Crippen LogP contribution in [-0.4, -0.2) is 15.5 Å². The molecule has 0 fully saturated rings. The molecule has 0 aliphatic carbocycles. The summed E-state index contributed by atoms with van der Waals surface area (Å²) < 4.78 is 38.6. The summed E-state index contributed by atoms with van der Waals surface area (Å²) in [6, 6.07) is 20.9. The molecule has 0 bridgehead atoms. The van der Waals surface area contributed by atoms with Crippen LogP contribution in [0.4, 0.5) is 5.69 Å². The number of sulfonamides is 1. The quantitative estimate of drug-likeness (QED) is 0.619. The summed E-state index contributed by atoms with van der Waals surface area (Å²) in [6.07, 6.45) is 0. The maximum absolute atomic E-state index is 12.6. The molecule has 0 saturated heterocycles. The van der Waals surface area contributed by atoms with Crippen molar-refractivity contribution in [2.75, 3.05) is 11.8 Å². The highest BCUT2D eigenvalue weighted by molar-refractivity contribution is 7.92. The number of hydrogen-bond donors (Lipinski definition) is 1. The summed E-state index contributed by atoms with van der Waals surface area (Å²) in [6.45, 7) is 0.436. The molecule has 3 rings (SSSR count). The minimum Gasteiger partial charge on any atom is -0.495 e. The number of ether oxygens (including phenoxy) is 2. The fourth-order valence-electron chi connectivity index (χ4n) is 2.43. The predicted octanol–water partition coefficient (Wildman–Crippen LogP) is 4.73. The maximum Gasteiger partial charge on any atom is 0.265 e. The van der Waals surface area contributed by atoms with E-state index < -0.39 is 10.0 Å². The van der Waals surface area contributed by atoms with Crippen LogP contribution < -0.4 is 14.2 Å². The van der Waals surface area contributed by atoms with Crippen LogP contribution in [0.2, 0.25) is 5.02 Å². The summed E-state index contributed by atoms with van der Waals surface area (Å²) in [4.78, 5) is -0.0260. The first kappa shape index (κ1) is 19.1. The summed E-state index contributed by atoms with van der Waals surface area (Å²) in [5, 5.41) is 0.306. The van der Waals surface area contributed by atoms with E-state index in [4.69, 9.17) is 21.1 Å². The van der Waals surface area contributed by atoms with E-state index in [0.29, 0.717) is 23.1 Å². The molecule has 0 atom stereocenters. The Labute approximate surface area is 163 Å². The number of nitrogens with one attached hydrogen (secondary N) is 1. The summed E-state index contributed by atoms with van der Waals surface area (Å²) in [7, 11) is -2.44. The van der Waals surface area contributed by atoms with Gasteiger partial charge in [0, 0.05) is 10.7 Å². The van der Waals surface area contributed by atoms with Gasteiger partial charge in [-0.2, -0.15) is 0 Å². The smallest absolute Gasteiger partial charge is 0.265 e. The topological polar surface area (TPSA) is 64.6 Å². The van der Waals surface area contributed by atoms with E-state index in [9.17, 15) is 8.42 Å². The highest BCUT2D eigenvalue weighted by atomic mass is 35.5.